The van der Waals surface area contributed by atoms with E-state index in [1.807, 2.05) is 14.0 Å². The van der Waals surface area contributed by atoms with E-state index in [4.69, 9.17) is 0 Å². The van der Waals surface area contributed by atoms with Crippen molar-refractivity contribution in [3.63, 3.8) is 0 Å². The van der Waals surface area contributed by atoms with Crippen molar-refractivity contribution in [2.45, 2.75) is 43.8 Å². The number of nitrogens with one attached hydrogen (secondary N) is 2. The number of rotatable bonds is 5. The molecule has 0 amide bonds. The maximum absolute atomic E-state index is 11.9. The summed E-state index contributed by atoms with van der Waals surface area (Å²) in [6, 6.07) is 0. The molecule has 3 rings (SSSR count). The first kappa shape index (κ1) is 14.6. The fourth-order valence-electron chi connectivity index (χ4n) is 2.77. The van der Waals surface area contributed by atoms with Crippen LogP contribution in [0.1, 0.15) is 43.0 Å². The first-order chi connectivity index (χ1) is 10.0. The molecule has 1 saturated carbocycles. The van der Waals surface area contributed by atoms with Crippen molar-refractivity contribution in [1.29, 1.82) is 0 Å². The van der Waals surface area contributed by atoms with Crippen LogP contribution in [0.25, 0.3) is 0 Å². The zero-order valence-electron chi connectivity index (χ0n) is 12.5. The van der Waals surface area contributed by atoms with E-state index in [-0.39, 0.29) is 5.25 Å². The standard InChI is InChI=1S/C14H22N4O2S/c1-9-12(15-2)17-14(10-5-6-10)18-13(9)16-8-11-4-3-7-21(11,19)20/h10-11H,3-8H2,1-2H3,(H2,15,16,17,18). The van der Waals surface area contributed by atoms with Gasteiger partial charge in [0.1, 0.15) is 17.5 Å². The molecule has 1 aromatic rings. The lowest BCUT2D eigenvalue weighted by Crippen LogP contribution is -2.26. The molecule has 0 bridgehead atoms. The molecule has 1 saturated heterocycles. The highest BCUT2D eigenvalue weighted by Crippen LogP contribution is 2.39. The third kappa shape index (κ3) is 2.97. The molecule has 2 fully saturated rings. The molecule has 7 heteroatoms. The first-order valence-corrected chi connectivity index (χ1v) is 9.24. The number of hydrogen-bond acceptors (Lipinski definition) is 6. The van der Waals surface area contributed by atoms with Gasteiger partial charge in [-0.05, 0) is 32.6 Å². The SMILES string of the molecule is CNc1nc(C2CC2)nc(NCC2CCCS2(=O)=O)c1C. The third-order valence-corrected chi connectivity index (χ3v) is 6.58. The molecule has 1 aliphatic heterocycles. The van der Waals surface area contributed by atoms with Gasteiger partial charge in [0.25, 0.3) is 0 Å². The number of anilines is 2. The van der Waals surface area contributed by atoms with Crippen LogP contribution in [0.15, 0.2) is 0 Å². The summed E-state index contributed by atoms with van der Waals surface area (Å²) in [7, 11) is -1.08. The van der Waals surface area contributed by atoms with E-state index in [1.54, 1.807) is 0 Å². The monoisotopic (exact) mass is 310 g/mol. The van der Waals surface area contributed by atoms with Gasteiger partial charge in [0.2, 0.25) is 0 Å². The molecule has 116 valence electrons. The second-order valence-corrected chi connectivity index (χ2v) is 8.34. The van der Waals surface area contributed by atoms with Gasteiger partial charge in [0.05, 0.1) is 11.0 Å². The quantitative estimate of drug-likeness (QED) is 0.861. The minimum Gasteiger partial charge on any atom is -0.373 e. The van der Waals surface area contributed by atoms with Crippen LogP contribution in [-0.2, 0) is 9.84 Å². The normalized spacial score (nSPS) is 24.0. The van der Waals surface area contributed by atoms with Crippen molar-refractivity contribution >= 4 is 21.5 Å². The Morgan fingerprint density at radius 1 is 1.19 bits per heavy atom. The summed E-state index contributed by atoms with van der Waals surface area (Å²) in [5.74, 6) is 3.23. The Morgan fingerprint density at radius 2 is 1.90 bits per heavy atom. The van der Waals surface area contributed by atoms with Crippen molar-refractivity contribution in [1.82, 2.24) is 9.97 Å². The molecule has 1 aliphatic carbocycles. The first-order valence-electron chi connectivity index (χ1n) is 7.53. The molecule has 1 aromatic heterocycles. The average Bonchev–Trinajstić information content (AvgIpc) is 3.23. The van der Waals surface area contributed by atoms with Gasteiger partial charge in [-0.2, -0.15) is 0 Å². The molecular formula is C14H22N4O2S. The summed E-state index contributed by atoms with van der Waals surface area (Å²) in [5, 5.41) is 6.05. The lowest BCUT2D eigenvalue weighted by Gasteiger charge is -2.16. The Balaban J connectivity index is 1.79. The fraction of sp³-hybridized carbons (Fsp3) is 0.714. The topological polar surface area (TPSA) is 84.0 Å². The minimum absolute atomic E-state index is 0.283. The molecule has 0 aromatic carbocycles. The highest BCUT2D eigenvalue weighted by atomic mass is 32.2. The second kappa shape index (κ2) is 5.44. The van der Waals surface area contributed by atoms with Crippen LogP contribution in [-0.4, -0.2) is 43.0 Å². The third-order valence-electron chi connectivity index (χ3n) is 4.30. The van der Waals surface area contributed by atoms with Crippen molar-refractivity contribution in [2.75, 3.05) is 30.0 Å². The number of hydrogen-bond donors (Lipinski definition) is 2. The summed E-state index contributed by atoms with van der Waals surface area (Å²) < 4.78 is 23.8. The summed E-state index contributed by atoms with van der Waals surface area (Å²) in [5.41, 5.74) is 0.942. The van der Waals surface area contributed by atoms with Crippen LogP contribution in [0.4, 0.5) is 11.6 Å². The molecule has 0 radical (unpaired) electrons. The molecule has 2 heterocycles. The van der Waals surface area contributed by atoms with Gasteiger partial charge >= 0.3 is 0 Å². The van der Waals surface area contributed by atoms with Crippen LogP contribution in [0.3, 0.4) is 0 Å². The number of aromatic nitrogens is 2. The van der Waals surface area contributed by atoms with E-state index in [9.17, 15) is 8.42 Å². The predicted octanol–water partition coefficient (Wildman–Crippen LogP) is 1.69. The Kier molecular flexibility index (Phi) is 3.77. The van der Waals surface area contributed by atoms with Crippen molar-refractivity contribution < 1.29 is 8.42 Å². The van der Waals surface area contributed by atoms with E-state index in [0.29, 0.717) is 18.2 Å². The minimum atomic E-state index is -2.92. The molecule has 0 spiro atoms. The van der Waals surface area contributed by atoms with Crippen molar-refractivity contribution in [2.24, 2.45) is 0 Å². The second-order valence-electron chi connectivity index (χ2n) is 5.94. The summed E-state index contributed by atoms with van der Waals surface area (Å²) >= 11 is 0. The average molecular weight is 310 g/mol. The van der Waals surface area contributed by atoms with Crippen LogP contribution in [0, 0.1) is 6.92 Å². The van der Waals surface area contributed by atoms with Gasteiger partial charge in [0, 0.05) is 25.1 Å². The van der Waals surface area contributed by atoms with E-state index in [0.717, 1.165) is 48.7 Å². The lowest BCUT2D eigenvalue weighted by atomic mass is 10.2. The Labute approximate surface area is 125 Å². The maximum Gasteiger partial charge on any atom is 0.154 e. The largest absolute Gasteiger partial charge is 0.373 e. The molecule has 1 atom stereocenters. The Bertz CT molecular complexity index is 641. The smallest absolute Gasteiger partial charge is 0.154 e. The molecule has 6 nitrogen and oxygen atoms in total. The van der Waals surface area contributed by atoms with Gasteiger partial charge < -0.3 is 10.6 Å². The van der Waals surface area contributed by atoms with Crippen LogP contribution < -0.4 is 10.6 Å². The maximum atomic E-state index is 11.9. The molecule has 2 N–H and O–H groups in total. The van der Waals surface area contributed by atoms with Crippen LogP contribution >= 0.6 is 0 Å². The summed E-state index contributed by atoms with van der Waals surface area (Å²) in [6.45, 7) is 2.39. The number of nitrogens with zero attached hydrogens (tertiary/aromatic N) is 2. The molecule has 21 heavy (non-hydrogen) atoms. The predicted molar refractivity (Wildman–Crippen MR) is 83.6 cm³/mol. The van der Waals surface area contributed by atoms with Crippen molar-refractivity contribution in [3.8, 4) is 0 Å². The van der Waals surface area contributed by atoms with E-state index in [2.05, 4.69) is 20.6 Å². The highest BCUT2D eigenvalue weighted by Gasteiger charge is 2.32. The van der Waals surface area contributed by atoms with Gasteiger partial charge in [-0.15, -0.1) is 0 Å². The van der Waals surface area contributed by atoms with E-state index in [1.165, 1.54) is 0 Å². The zero-order chi connectivity index (χ0) is 15.0. The van der Waals surface area contributed by atoms with E-state index >= 15 is 0 Å². The number of sulfone groups is 1. The fourth-order valence-corrected chi connectivity index (χ4v) is 4.54. The Hall–Kier alpha value is -1.37. The van der Waals surface area contributed by atoms with Crippen molar-refractivity contribution in [3.05, 3.63) is 11.4 Å². The van der Waals surface area contributed by atoms with Gasteiger partial charge in [-0.25, -0.2) is 18.4 Å². The van der Waals surface area contributed by atoms with E-state index < -0.39 is 9.84 Å². The van der Waals surface area contributed by atoms with Gasteiger partial charge in [-0.1, -0.05) is 0 Å². The lowest BCUT2D eigenvalue weighted by molar-refractivity contribution is 0.591. The Morgan fingerprint density at radius 3 is 2.48 bits per heavy atom. The molecular weight excluding hydrogens is 288 g/mol. The van der Waals surface area contributed by atoms with Gasteiger partial charge in [0.15, 0.2) is 9.84 Å². The molecule has 1 unspecified atom stereocenters. The molecule has 2 aliphatic rings. The van der Waals surface area contributed by atoms with Gasteiger partial charge in [-0.3, -0.25) is 0 Å². The highest BCUT2D eigenvalue weighted by molar-refractivity contribution is 7.92. The zero-order valence-corrected chi connectivity index (χ0v) is 13.3. The van der Waals surface area contributed by atoms with Crippen LogP contribution in [0.2, 0.25) is 0 Å². The van der Waals surface area contributed by atoms with Crippen LogP contribution in [0.5, 0.6) is 0 Å². The summed E-state index contributed by atoms with van der Waals surface area (Å²) in [6.07, 6.45) is 3.80. The summed E-state index contributed by atoms with van der Waals surface area (Å²) in [4.78, 5) is 9.14.